The van der Waals surface area contributed by atoms with E-state index in [0.29, 0.717) is 17.0 Å². The number of para-hydroxylation sites is 1. The molecule has 0 atom stereocenters. The number of carbonyl (C=O) groups excluding carboxylic acids is 1. The Morgan fingerprint density at radius 3 is 2.61 bits per heavy atom. The third-order valence-electron chi connectivity index (χ3n) is 3.50. The Labute approximate surface area is 138 Å². The maximum Gasteiger partial charge on any atom is 0.279 e. The van der Waals surface area contributed by atoms with Gasteiger partial charge in [-0.1, -0.05) is 35.6 Å². The molecule has 0 aliphatic heterocycles. The van der Waals surface area contributed by atoms with Gasteiger partial charge in [-0.15, -0.1) is 0 Å². The van der Waals surface area contributed by atoms with Crippen LogP contribution >= 0.6 is 11.3 Å². The maximum atomic E-state index is 12.4. The highest BCUT2D eigenvalue weighted by Gasteiger charge is 2.12. The van der Waals surface area contributed by atoms with E-state index in [0.717, 1.165) is 22.5 Å². The minimum Gasteiger partial charge on any atom is -0.492 e. The van der Waals surface area contributed by atoms with E-state index in [4.69, 9.17) is 4.74 Å². The lowest BCUT2D eigenvalue weighted by atomic mass is 10.2. The molecule has 2 aromatic carbocycles. The van der Waals surface area contributed by atoms with Crippen LogP contribution in [0.25, 0.3) is 10.2 Å². The molecule has 23 heavy (non-hydrogen) atoms. The van der Waals surface area contributed by atoms with E-state index in [1.54, 1.807) is 12.1 Å². The summed E-state index contributed by atoms with van der Waals surface area (Å²) >= 11 is 1.51. The van der Waals surface area contributed by atoms with Crippen LogP contribution in [-0.2, 0) is 6.54 Å². The number of rotatable bonds is 4. The van der Waals surface area contributed by atoms with Crippen molar-refractivity contribution in [3.63, 3.8) is 0 Å². The van der Waals surface area contributed by atoms with Crippen molar-refractivity contribution in [3.05, 3.63) is 58.9 Å². The molecule has 1 aromatic heterocycles. The van der Waals surface area contributed by atoms with Crippen molar-refractivity contribution in [2.75, 3.05) is 6.61 Å². The number of carbonyl (C=O) groups is 1. The fraction of sp³-hybridized carbons (Fsp3) is 0.222. The Kier molecular flexibility index (Phi) is 4.57. The molecule has 0 aliphatic carbocycles. The normalized spacial score (nSPS) is 11.8. The van der Waals surface area contributed by atoms with Crippen molar-refractivity contribution >= 4 is 27.5 Å². The summed E-state index contributed by atoms with van der Waals surface area (Å²) in [5, 5.41) is 0. The van der Waals surface area contributed by atoms with E-state index in [-0.39, 0.29) is 5.91 Å². The van der Waals surface area contributed by atoms with Crippen LogP contribution in [0.1, 0.15) is 24.2 Å². The molecular weight excluding hydrogens is 308 g/mol. The topological polar surface area (TPSA) is 43.6 Å². The van der Waals surface area contributed by atoms with Crippen molar-refractivity contribution in [3.8, 4) is 5.75 Å². The fourth-order valence-corrected chi connectivity index (χ4v) is 3.59. The van der Waals surface area contributed by atoms with E-state index in [1.165, 1.54) is 11.3 Å². The number of hydrogen-bond donors (Lipinski definition) is 0. The first-order chi connectivity index (χ1) is 11.2. The molecule has 0 fully saturated rings. The largest absolute Gasteiger partial charge is 0.492 e. The maximum absolute atomic E-state index is 12.4. The third-order valence-corrected chi connectivity index (χ3v) is 4.54. The molecule has 1 amide bonds. The van der Waals surface area contributed by atoms with Crippen LogP contribution in [0.3, 0.4) is 0 Å². The van der Waals surface area contributed by atoms with Crippen LogP contribution in [0.15, 0.2) is 53.5 Å². The zero-order valence-electron chi connectivity index (χ0n) is 13.2. The van der Waals surface area contributed by atoms with Gasteiger partial charge < -0.3 is 9.30 Å². The average Bonchev–Trinajstić information content (AvgIpc) is 2.94. The van der Waals surface area contributed by atoms with Crippen molar-refractivity contribution in [2.45, 2.75) is 20.4 Å². The van der Waals surface area contributed by atoms with Gasteiger partial charge in [-0.3, -0.25) is 4.79 Å². The van der Waals surface area contributed by atoms with Gasteiger partial charge in [-0.05, 0) is 38.1 Å². The molecule has 3 aromatic rings. The molecule has 0 aliphatic rings. The minimum absolute atomic E-state index is 0.225. The lowest BCUT2D eigenvalue weighted by Crippen LogP contribution is -2.16. The quantitative estimate of drug-likeness (QED) is 0.730. The number of aromatic nitrogens is 1. The summed E-state index contributed by atoms with van der Waals surface area (Å²) in [5.41, 5.74) is 1.60. The highest BCUT2D eigenvalue weighted by atomic mass is 32.1. The van der Waals surface area contributed by atoms with Crippen molar-refractivity contribution in [1.82, 2.24) is 4.57 Å². The smallest absolute Gasteiger partial charge is 0.279 e. The summed E-state index contributed by atoms with van der Waals surface area (Å²) in [6.07, 6.45) is 0. The number of ether oxygens (including phenoxy) is 1. The second-order valence-electron chi connectivity index (χ2n) is 4.95. The monoisotopic (exact) mass is 326 g/mol. The molecule has 0 saturated heterocycles. The van der Waals surface area contributed by atoms with Crippen LogP contribution in [0, 0.1) is 0 Å². The molecule has 0 unspecified atom stereocenters. The Bertz CT molecular complexity index is 894. The second-order valence-corrected chi connectivity index (χ2v) is 5.96. The van der Waals surface area contributed by atoms with Crippen molar-refractivity contribution in [2.24, 2.45) is 4.99 Å². The Morgan fingerprint density at radius 1 is 1.13 bits per heavy atom. The first kappa shape index (κ1) is 15.5. The summed E-state index contributed by atoms with van der Waals surface area (Å²) in [4.78, 5) is 17.4. The van der Waals surface area contributed by atoms with Crippen LogP contribution in [0.4, 0.5) is 0 Å². The predicted octanol–water partition coefficient (Wildman–Crippen LogP) is 3.86. The summed E-state index contributed by atoms with van der Waals surface area (Å²) in [5.74, 6) is 0.606. The fourth-order valence-electron chi connectivity index (χ4n) is 2.48. The van der Waals surface area contributed by atoms with Crippen molar-refractivity contribution < 1.29 is 9.53 Å². The van der Waals surface area contributed by atoms with Crippen LogP contribution in [0.2, 0.25) is 0 Å². The van der Waals surface area contributed by atoms with Gasteiger partial charge in [0.15, 0.2) is 4.80 Å². The van der Waals surface area contributed by atoms with Gasteiger partial charge in [-0.25, -0.2) is 0 Å². The number of nitrogens with zero attached hydrogens (tertiary/aromatic N) is 2. The number of thiazole rings is 1. The van der Waals surface area contributed by atoms with E-state index in [9.17, 15) is 4.79 Å². The van der Waals surface area contributed by atoms with E-state index < -0.39 is 0 Å². The summed E-state index contributed by atoms with van der Waals surface area (Å²) in [6, 6.07) is 15.1. The van der Waals surface area contributed by atoms with Gasteiger partial charge in [0.2, 0.25) is 0 Å². The van der Waals surface area contributed by atoms with Gasteiger partial charge in [0.25, 0.3) is 5.91 Å². The van der Waals surface area contributed by atoms with Crippen LogP contribution in [0.5, 0.6) is 5.75 Å². The molecule has 4 nitrogen and oxygen atoms in total. The molecule has 0 radical (unpaired) electrons. The van der Waals surface area contributed by atoms with Crippen LogP contribution < -0.4 is 9.54 Å². The number of fused-ring (bicyclic) bond motifs is 1. The van der Waals surface area contributed by atoms with Gasteiger partial charge in [0, 0.05) is 12.1 Å². The van der Waals surface area contributed by atoms with Crippen molar-refractivity contribution in [1.29, 1.82) is 0 Å². The highest BCUT2D eigenvalue weighted by Crippen LogP contribution is 2.27. The first-order valence-electron chi connectivity index (χ1n) is 7.63. The molecule has 0 saturated carbocycles. The Morgan fingerprint density at radius 2 is 1.91 bits per heavy atom. The van der Waals surface area contributed by atoms with Gasteiger partial charge in [0.1, 0.15) is 11.3 Å². The molecule has 0 N–H and O–H groups in total. The predicted molar refractivity (Wildman–Crippen MR) is 93.0 cm³/mol. The van der Waals surface area contributed by atoms with Gasteiger partial charge in [-0.2, -0.15) is 4.99 Å². The number of amides is 1. The summed E-state index contributed by atoms with van der Waals surface area (Å²) < 4.78 is 8.82. The molecule has 0 bridgehead atoms. The Balaban J connectivity index is 2.16. The number of benzene rings is 2. The molecule has 1 heterocycles. The summed E-state index contributed by atoms with van der Waals surface area (Å²) in [7, 11) is 0. The molecule has 5 heteroatoms. The molecule has 3 rings (SSSR count). The second kappa shape index (κ2) is 6.79. The standard InChI is InChI=1S/C18H18N2O2S/c1-3-20-16-14(22-4-2)11-8-12-15(16)23-18(20)19-17(21)13-9-6-5-7-10-13/h5-12H,3-4H2,1-2H3. The zero-order valence-corrected chi connectivity index (χ0v) is 14.0. The van der Waals surface area contributed by atoms with E-state index >= 15 is 0 Å². The number of hydrogen-bond acceptors (Lipinski definition) is 3. The van der Waals surface area contributed by atoms with E-state index in [2.05, 4.69) is 4.99 Å². The Hall–Kier alpha value is -2.40. The average molecular weight is 326 g/mol. The molecule has 0 spiro atoms. The number of aryl methyl sites for hydroxylation is 1. The highest BCUT2D eigenvalue weighted by molar-refractivity contribution is 7.16. The zero-order chi connectivity index (χ0) is 16.2. The van der Waals surface area contributed by atoms with Crippen LogP contribution in [-0.4, -0.2) is 17.1 Å². The van der Waals surface area contributed by atoms with E-state index in [1.807, 2.05) is 54.8 Å². The van der Waals surface area contributed by atoms with Gasteiger partial charge in [0.05, 0.1) is 11.3 Å². The SMILES string of the molecule is CCOc1cccc2sc(=NC(=O)c3ccccc3)n(CC)c12. The molecule has 118 valence electrons. The lowest BCUT2D eigenvalue weighted by molar-refractivity contribution is 0.0998. The first-order valence-corrected chi connectivity index (χ1v) is 8.45. The lowest BCUT2D eigenvalue weighted by Gasteiger charge is -2.07. The third kappa shape index (κ3) is 3.05. The van der Waals surface area contributed by atoms with Gasteiger partial charge >= 0.3 is 0 Å². The molecular formula is C18H18N2O2S. The minimum atomic E-state index is -0.225. The summed E-state index contributed by atoms with van der Waals surface area (Å²) in [6.45, 7) is 5.34.